The predicted octanol–water partition coefficient (Wildman–Crippen LogP) is 1.43. The molecule has 1 aromatic rings. The fourth-order valence-corrected chi connectivity index (χ4v) is 4.43. The number of hydrogen-bond acceptors (Lipinski definition) is 4. The summed E-state index contributed by atoms with van der Waals surface area (Å²) in [6, 6.07) is 1.38. The van der Waals surface area contributed by atoms with E-state index in [0.29, 0.717) is 13.1 Å². The lowest BCUT2D eigenvalue weighted by atomic mass is 9.90. The van der Waals surface area contributed by atoms with Crippen LogP contribution in [0.15, 0.2) is 17.2 Å². The number of sulfonamides is 1. The minimum absolute atomic E-state index is 0.109. The Balaban J connectivity index is 2.07. The summed E-state index contributed by atoms with van der Waals surface area (Å²) in [7, 11) is -1.98. The van der Waals surface area contributed by atoms with Crippen LogP contribution < -0.4 is 5.32 Å². The number of aryl methyl sites for hydroxylation is 1. The lowest BCUT2D eigenvalue weighted by molar-refractivity contribution is -0.147. The average molecular weight is 385 g/mol. The molecule has 0 bridgehead atoms. The maximum Gasteiger partial charge on any atom is 0.309 e. The van der Waals surface area contributed by atoms with Gasteiger partial charge in [0.05, 0.1) is 5.41 Å². The van der Waals surface area contributed by atoms with Crippen molar-refractivity contribution in [3.8, 4) is 0 Å². The number of carboxylic acid groups (broad SMARTS) is 1. The van der Waals surface area contributed by atoms with Crippen LogP contribution in [0.1, 0.15) is 50.0 Å². The number of aromatic nitrogens is 1. The first-order valence-corrected chi connectivity index (χ1v) is 10.2. The molecular formula is C17H27N3O5S. The third-order valence-electron chi connectivity index (χ3n) is 4.78. The van der Waals surface area contributed by atoms with Gasteiger partial charge in [-0.2, -0.15) is 4.31 Å². The van der Waals surface area contributed by atoms with Crippen LogP contribution in [-0.4, -0.2) is 53.9 Å². The molecule has 0 aromatic carbocycles. The normalized spacial score (nSPS) is 16.4. The molecule has 146 valence electrons. The number of amides is 1. The van der Waals surface area contributed by atoms with Crippen molar-refractivity contribution >= 4 is 21.9 Å². The van der Waals surface area contributed by atoms with Crippen LogP contribution >= 0.6 is 0 Å². The molecule has 1 aliphatic heterocycles. The average Bonchev–Trinajstić information content (AvgIpc) is 2.98. The zero-order valence-corrected chi connectivity index (χ0v) is 16.3. The van der Waals surface area contributed by atoms with Gasteiger partial charge in [0.15, 0.2) is 0 Å². The Morgan fingerprint density at radius 3 is 2.42 bits per heavy atom. The fourth-order valence-electron chi connectivity index (χ4n) is 2.84. The monoisotopic (exact) mass is 385 g/mol. The van der Waals surface area contributed by atoms with Crippen LogP contribution in [0.5, 0.6) is 0 Å². The SMILES string of the molecule is Cn1cc(S(=O)(=O)N2CCCCC2)cc1C(=O)NCCC(C)(C)C(=O)O. The van der Waals surface area contributed by atoms with E-state index in [0.717, 1.165) is 19.3 Å². The molecule has 0 saturated carbocycles. The van der Waals surface area contributed by atoms with Crippen LogP contribution in [0.25, 0.3) is 0 Å². The first kappa shape index (κ1) is 20.4. The Morgan fingerprint density at radius 2 is 1.85 bits per heavy atom. The molecule has 1 fully saturated rings. The van der Waals surface area contributed by atoms with Crippen molar-refractivity contribution in [1.29, 1.82) is 0 Å². The molecule has 2 heterocycles. The second kappa shape index (κ2) is 7.79. The van der Waals surface area contributed by atoms with Gasteiger partial charge in [0.2, 0.25) is 10.0 Å². The number of carbonyl (C=O) groups excluding carboxylic acids is 1. The Bertz CT molecular complexity index is 776. The van der Waals surface area contributed by atoms with E-state index >= 15 is 0 Å². The first-order valence-electron chi connectivity index (χ1n) is 8.74. The number of nitrogens with zero attached hydrogens (tertiary/aromatic N) is 2. The van der Waals surface area contributed by atoms with Gasteiger partial charge < -0.3 is 15.0 Å². The summed E-state index contributed by atoms with van der Waals surface area (Å²) in [6.45, 7) is 4.38. The van der Waals surface area contributed by atoms with Gasteiger partial charge in [-0.1, -0.05) is 6.42 Å². The number of aliphatic carboxylic acids is 1. The van der Waals surface area contributed by atoms with Crippen LogP contribution in [0.3, 0.4) is 0 Å². The van der Waals surface area contributed by atoms with Gasteiger partial charge in [0.25, 0.3) is 5.91 Å². The van der Waals surface area contributed by atoms with Crippen molar-refractivity contribution in [2.24, 2.45) is 12.5 Å². The summed E-state index contributed by atoms with van der Waals surface area (Å²) in [6.07, 6.45) is 4.44. The number of piperidine rings is 1. The smallest absolute Gasteiger partial charge is 0.309 e. The molecule has 0 spiro atoms. The number of carboxylic acids is 1. The number of carbonyl (C=O) groups is 2. The van der Waals surface area contributed by atoms with Gasteiger partial charge in [-0.25, -0.2) is 8.42 Å². The molecule has 1 amide bonds. The highest BCUT2D eigenvalue weighted by Gasteiger charge is 2.29. The third-order valence-corrected chi connectivity index (χ3v) is 6.64. The molecule has 0 aliphatic carbocycles. The quantitative estimate of drug-likeness (QED) is 0.738. The molecular weight excluding hydrogens is 358 g/mol. The lowest BCUT2D eigenvalue weighted by Gasteiger charge is -2.25. The third kappa shape index (κ3) is 4.45. The van der Waals surface area contributed by atoms with Gasteiger partial charge >= 0.3 is 5.97 Å². The van der Waals surface area contributed by atoms with E-state index < -0.39 is 27.3 Å². The van der Waals surface area contributed by atoms with Gasteiger partial charge in [0.1, 0.15) is 10.6 Å². The Morgan fingerprint density at radius 1 is 1.23 bits per heavy atom. The summed E-state index contributed by atoms with van der Waals surface area (Å²) in [5.41, 5.74) is -0.710. The summed E-state index contributed by atoms with van der Waals surface area (Å²) in [5.74, 6) is -1.35. The fraction of sp³-hybridized carbons (Fsp3) is 0.647. The number of hydrogen-bond donors (Lipinski definition) is 2. The van der Waals surface area contributed by atoms with Crippen molar-refractivity contribution in [3.63, 3.8) is 0 Å². The van der Waals surface area contributed by atoms with E-state index in [4.69, 9.17) is 5.11 Å². The van der Waals surface area contributed by atoms with Crippen LogP contribution in [0, 0.1) is 5.41 Å². The van der Waals surface area contributed by atoms with Gasteiger partial charge in [0, 0.05) is 32.9 Å². The molecule has 0 atom stereocenters. The number of rotatable bonds is 7. The lowest BCUT2D eigenvalue weighted by Crippen LogP contribution is -2.35. The summed E-state index contributed by atoms with van der Waals surface area (Å²) in [4.78, 5) is 23.6. The van der Waals surface area contributed by atoms with Crippen molar-refractivity contribution in [2.75, 3.05) is 19.6 Å². The highest BCUT2D eigenvalue weighted by Crippen LogP contribution is 2.23. The van der Waals surface area contributed by atoms with Gasteiger partial charge in [-0.15, -0.1) is 0 Å². The Labute approximate surface area is 154 Å². The first-order chi connectivity index (χ1) is 12.1. The zero-order chi connectivity index (χ0) is 19.5. The highest BCUT2D eigenvalue weighted by atomic mass is 32.2. The maximum absolute atomic E-state index is 12.7. The zero-order valence-electron chi connectivity index (χ0n) is 15.5. The minimum Gasteiger partial charge on any atom is -0.481 e. The molecule has 0 unspecified atom stereocenters. The van der Waals surface area contributed by atoms with Crippen molar-refractivity contribution < 1.29 is 23.1 Å². The maximum atomic E-state index is 12.7. The summed E-state index contributed by atoms with van der Waals surface area (Å²) >= 11 is 0. The largest absolute Gasteiger partial charge is 0.481 e. The van der Waals surface area contributed by atoms with Crippen molar-refractivity contribution in [3.05, 3.63) is 18.0 Å². The molecule has 8 nitrogen and oxygen atoms in total. The van der Waals surface area contributed by atoms with Crippen LogP contribution in [0.4, 0.5) is 0 Å². The van der Waals surface area contributed by atoms with Crippen LogP contribution in [-0.2, 0) is 21.9 Å². The molecule has 9 heteroatoms. The summed E-state index contributed by atoms with van der Waals surface area (Å²) < 4.78 is 28.4. The minimum atomic E-state index is -3.60. The highest BCUT2D eigenvalue weighted by molar-refractivity contribution is 7.89. The van der Waals surface area contributed by atoms with E-state index in [2.05, 4.69) is 5.32 Å². The summed E-state index contributed by atoms with van der Waals surface area (Å²) in [5, 5.41) is 11.8. The van der Waals surface area contributed by atoms with Gasteiger partial charge in [-0.3, -0.25) is 9.59 Å². The molecule has 26 heavy (non-hydrogen) atoms. The van der Waals surface area contributed by atoms with Crippen LogP contribution in [0.2, 0.25) is 0 Å². The predicted molar refractivity (Wildman–Crippen MR) is 96.4 cm³/mol. The molecule has 2 N–H and O–H groups in total. The second-order valence-electron chi connectivity index (χ2n) is 7.33. The Hall–Kier alpha value is -1.87. The van der Waals surface area contributed by atoms with Crippen molar-refractivity contribution in [2.45, 2.75) is 44.4 Å². The topological polar surface area (TPSA) is 109 Å². The Kier molecular flexibility index (Phi) is 6.13. The van der Waals surface area contributed by atoms with E-state index in [-0.39, 0.29) is 23.6 Å². The van der Waals surface area contributed by atoms with Gasteiger partial charge in [-0.05, 0) is 39.2 Å². The van der Waals surface area contributed by atoms with E-state index in [9.17, 15) is 18.0 Å². The van der Waals surface area contributed by atoms with E-state index in [1.165, 1.54) is 21.1 Å². The molecule has 2 rings (SSSR count). The second-order valence-corrected chi connectivity index (χ2v) is 9.27. The van der Waals surface area contributed by atoms with E-state index in [1.807, 2.05) is 0 Å². The standard InChI is InChI=1S/C17H27N3O5S/c1-17(2,16(22)23)7-8-18-15(21)14-11-13(12-19(14)3)26(24,25)20-9-5-4-6-10-20/h11-12H,4-10H2,1-3H3,(H,18,21)(H,22,23). The number of nitrogens with one attached hydrogen (secondary N) is 1. The molecule has 1 saturated heterocycles. The molecule has 1 aliphatic rings. The van der Waals surface area contributed by atoms with E-state index in [1.54, 1.807) is 20.9 Å². The molecule has 0 radical (unpaired) electrons. The molecule has 1 aromatic heterocycles. The van der Waals surface area contributed by atoms with Crippen molar-refractivity contribution in [1.82, 2.24) is 14.2 Å².